The number of ether oxygens (including phenoxy) is 1. The van der Waals surface area contributed by atoms with Gasteiger partial charge < -0.3 is 15.4 Å². The number of aromatic nitrogens is 2. The fraction of sp³-hybridized carbons (Fsp3) is 0.421. The van der Waals surface area contributed by atoms with Gasteiger partial charge in [0.2, 0.25) is 5.91 Å². The molecule has 2 N–H and O–H groups in total. The van der Waals surface area contributed by atoms with Crippen molar-refractivity contribution in [3.63, 3.8) is 0 Å². The van der Waals surface area contributed by atoms with Crippen molar-refractivity contribution in [3.8, 4) is 0 Å². The van der Waals surface area contributed by atoms with Crippen LogP contribution in [-0.4, -0.2) is 40.9 Å². The van der Waals surface area contributed by atoms with Crippen molar-refractivity contribution >= 4 is 41.0 Å². The zero-order valence-corrected chi connectivity index (χ0v) is 17.1. The van der Waals surface area contributed by atoms with Crippen LogP contribution in [0.3, 0.4) is 0 Å². The molecular weight excluding hydrogens is 419 g/mol. The monoisotopic (exact) mass is 438 g/mol. The van der Waals surface area contributed by atoms with Crippen LogP contribution in [0.1, 0.15) is 34.5 Å². The first-order chi connectivity index (χ1) is 14.0. The number of halogens is 2. The van der Waals surface area contributed by atoms with E-state index in [4.69, 9.17) is 16.3 Å². The number of rotatable bonds is 6. The number of nitrogens with zero attached hydrogens (tertiary/aromatic N) is 2. The minimum Gasteiger partial charge on any atom is -0.376 e. The van der Waals surface area contributed by atoms with Crippen LogP contribution in [0.5, 0.6) is 0 Å². The molecule has 29 heavy (non-hydrogen) atoms. The molecule has 2 aliphatic heterocycles. The van der Waals surface area contributed by atoms with Gasteiger partial charge in [0.25, 0.3) is 5.91 Å². The van der Waals surface area contributed by atoms with Gasteiger partial charge in [-0.3, -0.25) is 9.59 Å². The van der Waals surface area contributed by atoms with Crippen LogP contribution >= 0.6 is 23.4 Å². The summed E-state index contributed by atoms with van der Waals surface area (Å²) in [5.74, 6) is 0.155. The number of nitrogens with one attached hydrogen (secondary N) is 2. The molecule has 0 spiro atoms. The molecule has 1 atom stereocenters. The Labute approximate surface area is 176 Å². The van der Waals surface area contributed by atoms with E-state index in [9.17, 15) is 14.0 Å². The summed E-state index contributed by atoms with van der Waals surface area (Å²) < 4.78 is 21.1. The van der Waals surface area contributed by atoms with Gasteiger partial charge in [-0.1, -0.05) is 17.7 Å². The highest BCUT2D eigenvalue weighted by atomic mass is 35.5. The van der Waals surface area contributed by atoms with E-state index in [1.54, 1.807) is 11.8 Å². The van der Waals surface area contributed by atoms with Gasteiger partial charge in [0.1, 0.15) is 18.2 Å². The average Bonchev–Trinajstić information content (AvgIpc) is 3.40. The third-order valence-corrected chi connectivity index (χ3v) is 6.17. The van der Waals surface area contributed by atoms with E-state index in [1.165, 1.54) is 22.9 Å². The van der Waals surface area contributed by atoms with Crippen molar-refractivity contribution in [2.24, 2.45) is 0 Å². The number of carbonyl (C=O) groups is 2. The van der Waals surface area contributed by atoms with Crippen LogP contribution < -0.4 is 10.6 Å². The number of amides is 2. The highest BCUT2D eigenvalue weighted by molar-refractivity contribution is 7.98. The Morgan fingerprint density at radius 3 is 3.00 bits per heavy atom. The predicted molar refractivity (Wildman–Crippen MR) is 109 cm³/mol. The van der Waals surface area contributed by atoms with Crippen LogP contribution in [0.15, 0.2) is 18.2 Å². The lowest BCUT2D eigenvalue weighted by molar-refractivity contribution is -0.122. The molecule has 154 valence electrons. The second-order valence-corrected chi connectivity index (χ2v) is 8.31. The normalized spacial score (nSPS) is 17.9. The quantitative estimate of drug-likeness (QED) is 0.724. The number of thioether (sulfide) groups is 1. The minimum atomic E-state index is -0.707. The smallest absolute Gasteiger partial charge is 0.261 e. The average molecular weight is 439 g/mol. The van der Waals surface area contributed by atoms with Crippen LogP contribution in [0.2, 0.25) is 5.02 Å². The lowest BCUT2D eigenvalue weighted by Crippen LogP contribution is -2.34. The Balaban J connectivity index is 1.50. The van der Waals surface area contributed by atoms with E-state index in [0.717, 1.165) is 30.7 Å². The van der Waals surface area contributed by atoms with Crippen LogP contribution in [0, 0.1) is 5.82 Å². The summed E-state index contributed by atoms with van der Waals surface area (Å²) in [5, 5.41) is 10.0. The van der Waals surface area contributed by atoms with Crippen molar-refractivity contribution in [2.45, 2.75) is 37.0 Å². The highest BCUT2D eigenvalue weighted by Gasteiger charge is 2.27. The first-order valence-electron chi connectivity index (χ1n) is 9.33. The highest BCUT2D eigenvalue weighted by Crippen LogP contribution is 2.35. The van der Waals surface area contributed by atoms with Gasteiger partial charge >= 0.3 is 0 Å². The summed E-state index contributed by atoms with van der Waals surface area (Å²) in [7, 11) is 0. The number of benzene rings is 1. The van der Waals surface area contributed by atoms with Crippen LogP contribution in [-0.2, 0) is 27.6 Å². The standard InChI is InChI=1S/C19H20ClFN4O3S/c20-13-4-1-5-14(21)17(13)19(27)23-18-12-9-29-10-15(12)24-25(18)8-16(26)22-7-11-3-2-6-28-11/h1,4-5,11H,2-3,6-10H2,(H,22,26)(H,23,27)/t11-/m1/s1. The summed E-state index contributed by atoms with van der Waals surface area (Å²) in [4.78, 5) is 25.1. The molecular formula is C19H20ClFN4O3S. The van der Waals surface area contributed by atoms with E-state index < -0.39 is 11.7 Å². The van der Waals surface area contributed by atoms with Gasteiger partial charge in [0, 0.05) is 30.2 Å². The predicted octanol–water partition coefficient (Wildman–Crippen LogP) is 2.97. The summed E-state index contributed by atoms with van der Waals surface area (Å²) in [6.07, 6.45) is 1.97. The van der Waals surface area contributed by atoms with Gasteiger partial charge in [0.15, 0.2) is 0 Å². The van der Waals surface area contributed by atoms with Crippen LogP contribution in [0.4, 0.5) is 10.2 Å². The zero-order chi connectivity index (χ0) is 20.4. The van der Waals surface area contributed by atoms with Crippen molar-refractivity contribution in [1.82, 2.24) is 15.1 Å². The maximum absolute atomic E-state index is 14.1. The molecule has 7 nitrogen and oxygen atoms in total. The molecule has 3 heterocycles. The summed E-state index contributed by atoms with van der Waals surface area (Å²) >= 11 is 7.67. The Hall–Kier alpha value is -2.10. The molecule has 1 aromatic heterocycles. The molecule has 0 bridgehead atoms. The van der Waals surface area contributed by atoms with Gasteiger partial charge in [-0.25, -0.2) is 9.07 Å². The van der Waals surface area contributed by atoms with E-state index in [1.807, 2.05) is 0 Å². The van der Waals surface area contributed by atoms with Crippen molar-refractivity contribution in [3.05, 3.63) is 45.9 Å². The Morgan fingerprint density at radius 1 is 1.38 bits per heavy atom. The molecule has 0 saturated carbocycles. The molecule has 2 aromatic rings. The number of carbonyl (C=O) groups excluding carboxylic acids is 2. The summed E-state index contributed by atoms with van der Waals surface area (Å²) in [5.41, 5.74) is 1.43. The second kappa shape index (κ2) is 8.73. The summed E-state index contributed by atoms with van der Waals surface area (Å²) in [6, 6.07) is 4.07. The number of hydrogen-bond acceptors (Lipinski definition) is 5. The molecule has 1 aromatic carbocycles. The molecule has 1 fully saturated rings. The van der Waals surface area contributed by atoms with E-state index in [-0.39, 0.29) is 29.1 Å². The van der Waals surface area contributed by atoms with Crippen LogP contribution in [0.25, 0.3) is 0 Å². The molecule has 0 aliphatic carbocycles. The van der Waals surface area contributed by atoms with Gasteiger partial charge in [-0.15, -0.1) is 0 Å². The maximum Gasteiger partial charge on any atom is 0.261 e. The third-order valence-electron chi connectivity index (χ3n) is 4.88. The third kappa shape index (κ3) is 4.41. The second-order valence-electron chi connectivity index (χ2n) is 6.91. The SMILES string of the molecule is O=C(Cn1nc2c(c1NC(=O)c1c(F)cccc1Cl)CSC2)NC[C@H]1CCCO1. The lowest BCUT2D eigenvalue weighted by atomic mass is 10.2. The summed E-state index contributed by atoms with van der Waals surface area (Å²) in [6.45, 7) is 1.12. The van der Waals surface area contributed by atoms with Crippen molar-refractivity contribution in [1.29, 1.82) is 0 Å². The van der Waals surface area contributed by atoms with Crippen molar-refractivity contribution < 1.29 is 18.7 Å². The van der Waals surface area contributed by atoms with Gasteiger partial charge in [-0.05, 0) is 25.0 Å². The fourth-order valence-electron chi connectivity index (χ4n) is 3.43. The topological polar surface area (TPSA) is 85.2 Å². The molecule has 4 rings (SSSR count). The Morgan fingerprint density at radius 2 is 2.24 bits per heavy atom. The molecule has 0 radical (unpaired) electrons. The van der Waals surface area contributed by atoms with E-state index in [0.29, 0.717) is 23.9 Å². The first kappa shape index (κ1) is 20.2. The largest absolute Gasteiger partial charge is 0.376 e. The van der Waals surface area contributed by atoms with Crippen molar-refractivity contribution in [2.75, 3.05) is 18.5 Å². The number of anilines is 1. The minimum absolute atomic E-state index is 0.0221. The fourth-order valence-corrected chi connectivity index (χ4v) is 4.71. The molecule has 10 heteroatoms. The van der Waals surface area contributed by atoms with Gasteiger partial charge in [-0.2, -0.15) is 16.9 Å². The maximum atomic E-state index is 14.1. The number of fused-ring (bicyclic) bond motifs is 1. The Kier molecular flexibility index (Phi) is 6.07. The molecule has 1 saturated heterocycles. The first-order valence-corrected chi connectivity index (χ1v) is 10.9. The Bertz CT molecular complexity index is 926. The molecule has 2 aliphatic rings. The van der Waals surface area contributed by atoms with E-state index in [2.05, 4.69) is 15.7 Å². The molecule has 0 unspecified atom stereocenters. The zero-order valence-electron chi connectivity index (χ0n) is 15.5. The van der Waals surface area contributed by atoms with Gasteiger partial charge in [0.05, 0.1) is 22.4 Å². The number of hydrogen-bond donors (Lipinski definition) is 2. The lowest BCUT2D eigenvalue weighted by Gasteiger charge is -2.13. The molecule has 2 amide bonds. The van der Waals surface area contributed by atoms with E-state index >= 15 is 0 Å².